The zero-order valence-corrected chi connectivity index (χ0v) is 22.2. The van der Waals surface area contributed by atoms with Crippen LogP contribution < -0.4 is 10.0 Å². The molecule has 0 bridgehead atoms. The van der Waals surface area contributed by atoms with Gasteiger partial charge in [0.25, 0.3) is 0 Å². The van der Waals surface area contributed by atoms with Gasteiger partial charge in [-0.1, -0.05) is 37.3 Å². The first kappa shape index (κ1) is 26.9. The van der Waals surface area contributed by atoms with E-state index in [9.17, 15) is 18.3 Å². The van der Waals surface area contributed by atoms with E-state index in [1.165, 1.54) is 4.31 Å². The lowest BCUT2D eigenvalue weighted by atomic mass is 10.1. The Morgan fingerprint density at radius 1 is 1.05 bits per heavy atom. The molecule has 38 heavy (non-hydrogen) atoms. The van der Waals surface area contributed by atoms with Crippen molar-refractivity contribution < 1.29 is 23.1 Å². The Hall–Kier alpha value is -4.15. The molecule has 9 nitrogen and oxygen atoms in total. The number of esters is 1. The Kier molecular flexibility index (Phi) is 7.84. The molecule has 0 aliphatic heterocycles. The maximum Gasteiger partial charge on any atom is 0.338 e. The molecule has 0 saturated heterocycles. The van der Waals surface area contributed by atoms with Crippen LogP contribution in [0, 0.1) is 0 Å². The molecule has 0 aliphatic rings. The summed E-state index contributed by atoms with van der Waals surface area (Å²) < 4.78 is 31.0. The maximum absolute atomic E-state index is 12.3. The number of ether oxygens (including phenoxy) is 1. The average Bonchev–Trinajstić information content (AvgIpc) is 3.23. The molecule has 1 aromatic heterocycles. The highest BCUT2D eigenvalue weighted by Gasteiger charge is 2.23. The zero-order chi connectivity index (χ0) is 27.4. The number of benzene rings is 3. The van der Waals surface area contributed by atoms with Gasteiger partial charge in [0.15, 0.2) is 5.75 Å². The summed E-state index contributed by atoms with van der Waals surface area (Å²) in [5, 5.41) is 11.6. The minimum Gasteiger partial charge on any atom is -0.505 e. The number of nitrogens with one attached hydrogen (secondary N) is 1. The van der Waals surface area contributed by atoms with Crippen LogP contribution in [-0.2, 0) is 14.8 Å². The highest BCUT2D eigenvalue weighted by molar-refractivity contribution is 7.92. The Labute approximate surface area is 221 Å². The van der Waals surface area contributed by atoms with Gasteiger partial charge in [-0.2, -0.15) is 0 Å². The van der Waals surface area contributed by atoms with Gasteiger partial charge in [-0.05, 0) is 55.8 Å². The number of aromatic amines is 1. The fourth-order valence-electron chi connectivity index (χ4n) is 4.15. The van der Waals surface area contributed by atoms with Gasteiger partial charge in [0.1, 0.15) is 5.69 Å². The number of aromatic nitrogens is 1. The number of nitrogens with two attached hydrogens (primary N) is 1. The first-order chi connectivity index (χ1) is 18.1. The second kappa shape index (κ2) is 11.1. The van der Waals surface area contributed by atoms with E-state index in [1.54, 1.807) is 49.4 Å². The molecule has 198 valence electrons. The van der Waals surface area contributed by atoms with E-state index in [2.05, 4.69) is 4.98 Å². The Morgan fingerprint density at radius 3 is 2.34 bits per heavy atom. The highest BCUT2D eigenvalue weighted by atomic mass is 32.2. The lowest BCUT2D eigenvalue weighted by Gasteiger charge is -2.28. The van der Waals surface area contributed by atoms with Gasteiger partial charge in [0.2, 0.25) is 10.0 Å². The van der Waals surface area contributed by atoms with Crippen LogP contribution in [0.15, 0.2) is 77.8 Å². The largest absolute Gasteiger partial charge is 0.505 e. The summed E-state index contributed by atoms with van der Waals surface area (Å²) >= 11 is 0. The van der Waals surface area contributed by atoms with Crippen LogP contribution in [0.3, 0.4) is 0 Å². The van der Waals surface area contributed by atoms with Crippen molar-refractivity contribution in [2.24, 2.45) is 10.7 Å². The minimum atomic E-state index is -3.58. The molecule has 3 aromatic carbocycles. The molecule has 4 rings (SSSR count). The molecule has 1 unspecified atom stereocenters. The van der Waals surface area contributed by atoms with Crippen LogP contribution >= 0.6 is 0 Å². The molecule has 4 N–H and O–H groups in total. The smallest absolute Gasteiger partial charge is 0.338 e. The summed E-state index contributed by atoms with van der Waals surface area (Å²) in [6.45, 7) is 3.81. The van der Waals surface area contributed by atoms with Gasteiger partial charge in [0.05, 0.1) is 47.2 Å². The van der Waals surface area contributed by atoms with E-state index in [1.807, 2.05) is 37.3 Å². The average molecular weight is 535 g/mol. The van der Waals surface area contributed by atoms with Crippen molar-refractivity contribution in [1.29, 1.82) is 0 Å². The number of rotatable bonds is 9. The number of aliphatic imine (C=N–C) groups is 1. The predicted molar refractivity (Wildman–Crippen MR) is 150 cm³/mol. The molecule has 0 amide bonds. The minimum absolute atomic E-state index is 0.00759. The van der Waals surface area contributed by atoms with Gasteiger partial charge >= 0.3 is 5.97 Å². The molecule has 1 heterocycles. The molecule has 0 fully saturated rings. The molecule has 4 aromatic rings. The third-order valence-corrected chi connectivity index (χ3v) is 7.18. The Balaban J connectivity index is 1.81. The van der Waals surface area contributed by atoms with E-state index in [0.717, 1.165) is 11.8 Å². The number of carbonyl (C=O) groups is 1. The zero-order valence-electron chi connectivity index (χ0n) is 21.4. The van der Waals surface area contributed by atoms with Crippen LogP contribution in [0.4, 0.5) is 11.4 Å². The van der Waals surface area contributed by atoms with E-state index < -0.39 is 22.2 Å². The molecule has 0 spiro atoms. The van der Waals surface area contributed by atoms with Crippen molar-refractivity contribution in [1.82, 2.24) is 4.98 Å². The summed E-state index contributed by atoms with van der Waals surface area (Å²) in [7, 11) is -3.58. The molecule has 10 heteroatoms. The first-order valence-electron chi connectivity index (χ1n) is 12.1. The second-order valence-electron chi connectivity index (χ2n) is 8.71. The van der Waals surface area contributed by atoms with Crippen molar-refractivity contribution in [2.75, 3.05) is 17.2 Å². The Bertz CT molecular complexity index is 1580. The van der Waals surface area contributed by atoms with Crippen LogP contribution in [-0.4, -0.2) is 49.2 Å². The summed E-state index contributed by atoms with van der Waals surface area (Å²) in [5.41, 5.74) is 9.54. The lowest BCUT2D eigenvalue weighted by molar-refractivity contribution is 0.0526. The standard InChI is InChI=1S/C28H30N4O5S/c1-4-24(29)32(38(3,35)36)21-14-12-20(13-15-21)30-25(18-9-7-6-8-10-18)26-27(33)22-16-11-19(17-23(22)31-26)28(34)37-5-2/h6-17,24,31,33H,4-5,29H2,1-3H3. The van der Waals surface area contributed by atoms with Crippen molar-refractivity contribution in [2.45, 2.75) is 26.4 Å². The van der Waals surface area contributed by atoms with E-state index in [0.29, 0.717) is 45.7 Å². The topological polar surface area (TPSA) is 138 Å². The number of H-pyrrole nitrogens is 1. The number of carbonyl (C=O) groups excluding carboxylic acids is 1. The summed E-state index contributed by atoms with van der Waals surface area (Å²) in [6, 6.07) is 20.9. The molecular formula is C28H30N4O5S. The van der Waals surface area contributed by atoms with Crippen LogP contribution in [0.5, 0.6) is 5.75 Å². The summed E-state index contributed by atoms with van der Waals surface area (Å²) in [4.78, 5) is 20.2. The van der Waals surface area contributed by atoms with Crippen LogP contribution in [0.25, 0.3) is 10.9 Å². The number of hydrogen-bond acceptors (Lipinski definition) is 7. The number of anilines is 1. The van der Waals surface area contributed by atoms with Gasteiger partial charge in [-0.15, -0.1) is 0 Å². The molecular weight excluding hydrogens is 504 g/mol. The molecule has 0 radical (unpaired) electrons. The van der Waals surface area contributed by atoms with Crippen LogP contribution in [0.1, 0.15) is 41.9 Å². The van der Waals surface area contributed by atoms with E-state index >= 15 is 0 Å². The van der Waals surface area contributed by atoms with Gasteiger partial charge < -0.3 is 20.6 Å². The van der Waals surface area contributed by atoms with E-state index in [4.69, 9.17) is 15.5 Å². The van der Waals surface area contributed by atoms with E-state index in [-0.39, 0.29) is 12.4 Å². The fraction of sp³-hybridized carbons (Fsp3) is 0.214. The number of aromatic hydroxyl groups is 1. The van der Waals surface area contributed by atoms with Gasteiger partial charge in [0, 0.05) is 10.9 Å². The lowest BCUT2D eigenvalue weighted by Crippen LogP contribution is -2.45. The third-order valence-electron chi connectivity index (χ3n) is 5.99. The molecule has 0 aliphatic carbocycles. The predicted octanol–water partition coefficient (Wildman–Crippen LogP) is 4.68. The second-order valence-corrected chi connectivity index (χ2v) is 10.6. The third kappa shape index (κ3) is 5.56. The quantitative estimate of drug-likeness (QED) is 0.162. The number of hydrogen-bond donors (Lipinski definition) is 3. The summed E-state index contributed by atoms with van der Waals surface area (Å²) in [6.07, 6.45) is 0.874. The monoisotopic (exact) mass is 534 g/mol. The van der Waals surface area contributed by atoms with Crippen molar-refractivity contribution in [3.05, 3.63) is 89.6 Å². The fourth-order valence-corrected chi connectivity index (χ4v) is 5.30. The highest BCUT2D eigenvalue weighted by Crippen LogP contribution is 2.33. The van der Waals surface area contributed by atoms with Crippen LogP contribution in [0.2, 0.25) is 0 Å². The number of sulfonamides is 1. The van der Waals surface area contributed by atoms with Crippen molar-refractivity contribution in [3.8, 4) is 5.75 Å². The Morgan fingerprint density at radius 2 is 1.74 bits per heavy atom. The van der Waals surface area contributed by atoms with Crippen molar-refractivity contribution >= 4 is 44.0 Å². The van der Waals surface area contributed by atoms with Gasteiger partial charge in [-0.25, -0.2) is 18.2 Å². The number of nitrogens with zero attached hydrogens (tertiary/aromatic N) is 2. The van der Waals surface area contributed by atoms with Crippen molar-refractivity contribution in [3.63, 3.8) is 0 Å². The summed E-state index contributed by atoms with van der Waals surface area (Å²) in [5.74, 6) is -0.459. The molecule has 1 atom stereocenters. The normalized spacial score (nSPS) is 12.9. The molecule has 0 saturated carbocycles. The SMILES string of the molecule is CCOC(=O)c1ccc2c(O)c(C(=Nc3ccc(N(C(N)CC)S(C)(=O)=O)cc3)c3ccccc3)[nH]c2c1. The maximum atomic E-state index is 12.3. The van der Waals surface area contributed by atoms with Gasteiger partial charge in [-0.3, -0.25) is 4.31 Å². The first-order valence-corrected chi connectivity index (χ1v) is 14.0. The number of fused-ring (bicyclic) bond motifs is 1.